The van der Waals surface area contributed by atoms with Gasteiger partial charge in [0.15, 0.2) is 0 Å². The predicted molar refractivity (Wildman–Crippen MR) is 78.1 cm³/mol. The second-order valence-corrected chi connectivity index (χ2v) is 4.66. The van der Waals surface area contributed by atoms with E-state index in [1.165, 1.54) is 12.1 Å². The molecule has 1 aromatic heterocycles. The van der Waals surface area contributed by atoms with Crippen LogP contribution in [-0.2, 0) is 0 Å². The van der Waals surface area contributed by atoms with Gasteiger partial charge in [-0.2, -0.15) is 5.10 Å². The lowest BCUT2D eigenvalue weighted by molar-refractivity contribution is 0.628. The first-order valence-corrected chi connectivity index (χ1v) is 6.32. The van der Waals surface area contributed by atoms with Crippen LogP contribution in [0.15, 0.2) is 54.6 Å². The molecule has 0 fully saturated rings. The molecular formula is C16H14FN3. The number of aromatic nitrogens is 2. The Morgan fingerprint density at radius 1 is 1.05 bits per heavy atom. The van der Waals surface area contributed by atoms with Crippen molar-refractivity contribution in [1.82, 2.24) is 9.78 Å². The molecule has 0 bridgehead atoms. The highest BCUT2D eigenvalue weighted by Gasteiger charge is 2.10. The number of hydrogen-bond acceptors (Lipinski definition) is 2. The summed E-state index contributed by atoms with van der Waals surface area (Å²) < 4.78 is 14.7. The van der Waals surface area contributed by atoms with Crippen LogP contribution in [0.4, 0.5) is 10.2 Å². The van der Waals surface area contributed by atoms with Gasteiger partial charge in [-0.3, -0.25) is 0 Å². The lowest BCUT2D eigenvalue weighted by Crippen LogP contribution is -2.03. The number of nitrogen functional groups attached to an aromatic ring is 1. The summed E-state index contributed by atoms with van der Waals surface area (Å²) in [5, 5.41) is 4.51. The Kier molecular flexibility index (Phi) is 2.99. The molecule has 0 saturated heterocycles. The van der Waals surface area contributed by atoms with Crippen LogP contribution in [0, 0.1) is 12.7 Å². The van der Waals surface area contributed by atoms with Gasteiger partial charge in [-0.05, 0) is 42.8 Å². The Balaban J connectivity index is 2.08. The van der Waals surface area contributed by atoms with Crippen molar-refractivity contribution in [3.8, 4) is 16.9 Å². The van der Waals surface area contributed by atoms with Crippen molar-refractivity contribution in [3.63, 3.8) is 0 Å². The van der Waals surface area contributed by atoms with E-state index >= 15 is 0 Å². The Morgan fingerprint density at radius 2 is 1.75 bits per heavy atom. The van der Waals surface area contributed by atoms with Crippen LogP contribution in [-0.4, -0.2) is 9.78 Å². The molecule has 0 aliphatic rings. The molecule has 3 nitrogen and oxygen atoms in total. The number of para-hydroxylation sites is 1. The van der Waals surface area contributed by atoms with E-state index in [4.69, 9.17) is 5.73 Å². The van der Waals surface area contributed by atoms with Gasteiger partial charge in [0.05, 0.1) is 11.4 Å². The van der Waals surface area contributed by atoms with Crippen LogP contribution >= 0.6 is 0 Å². The summed E-state index contributed by atoms with van der Waals surface area (Å²) in [5.74, 6) is 0.290. The Labute approximate surface area is 116 Å². The summed E-state index contributed by atoms with van der Waals surface area (Å²) in [7, 11) is 0. The summed E-state index contributed by atoms with van der Waals surface area (Å²) >= 11 is 0. The second-order valence-electron chi connectivity index (χ2n) is 4.66. The molecule has 3 aromatic rings. The van der Waals surface area contributed by atoms with E-state index in [-0.39, 0.29) is 5.82 Å². The van der Waals surface area contributed by atoms with Gasteiger partial charge < -0.3 is 5.73 Å². The highest BCUT2D eigenvalue weighted by atomic mass is 19.1. The highest BCUT2D eigenvalue weighted by molar-refractivity contribution is 5.64. The van der Waals surface area contributed by atoms with Crippen LogP contribution in [0.2, 0.25) is 0 Å². The van der Waals surface area contributed by atoms with Gasteiger partial charge in [0.25, 0.3) is 0 Å². The van der Waals surface area contributed by atoms with Gasteiger partial charge in [-0.25, -0.2) is 9.07 Å². The van der Waals surface area contributed by atoms with Crippen molar-refractivity contribution in [2.75, 3.05) is 5.73 Å². The van der Waals surface area contributed by atoms with Crippen LogP contribution in [0.1, 0.15) is 5.56 Å². The van der Waals surface area contributed by atoms with E-state index in [1.807, 2.05) is 31.2 Å². The van der Waals surface area contributed by atoms with Crippen molar-refractivity contribution in [2.24, 2.45) is 0 Å². The fourth-order valence-electron chi connectivity index (χ4n) is 2.15. The van der Waals surface area contributed by atoms with Gasteiger partial charge in [-0.15, -0.1) is 0 Å². The average Bonchev–Trinajstić information content (AvgIpc) is 2.82. The Bertz CT molecular complexity index is 745. The number of anilines is 1. The molecule has 1 heterocycles. The predicted octanol–water partition coefficient (Wildman–Crippen LogP) is 3.57. The minimum absolute atomic E-state index is 0.264. The number of benzene rings is 2. The van der Waals surface area contributed by atoms with Gasteiger partial charge in [0, 0.05) is 11.6 Å². The lowest BCUT2D eigenvalue weighted by Gasteiger charge is -2.06. The van der Waals surface area contributed by atoms with Crippen molar-refractivity contribution in [2.45, 2.75) is 6.92 Å². The van der Waals surface area contributed by atoms with Crippen LogP contribution < -0.4 is 5.73 Å². The summed E-state index contributed by atoms with van der Waals surface area (Å²) in [6.45, 7) is 2.01. The third-order valence-electron chi connectivity index (χ3n) is 3.22. The fraction of sp³-hybridized carbons (Fsp3) is 0.0625. The molecule has 0 unspecified atom stereocenters. The molecular weight excluding hydrogens is 253 g/mol. The smallest absolute Gasteiger partial charge is 0.127 e. The van der Waals surface area contributed by atoms with Crippen molar-refractivity contribution in [1.29, 1.82) is 0 Å². The summed E-state index contributed by atoms with van der Waals surface area (Å²) in [5.41, 5.74) is 9.64. The molecule has 0 radical (unpaired) electrons. The van der Waals surface area contributed by atoms with Crippen molar-refractivity contribution < 1.29 is 4.39 Å². The zero-order valence-corrected chi connectivity index (χ0v) is 11.0. The largest absolute Gasteiger partial charge is 0.384 e. The number of rotatable bonds is 2. The van der Waals surface area contributed by atoms with E-state index < -0.39 is 0 Å². The second kappa shape index (κ2) is 4.81. The molecule has 3 rings (SSSR count). The van der Waals surface area contributed by atoms with Crippen molar-refractivity contribution >= 4 is 5.82 Å². The third-order valence-corrected chi connectivity index (χ3v) is 3.22. The van der Waals surface area contributed by atoms with E-state index in [9.17, 15) is 4.39 Å². The average molecular weight is 267 g/mol. The van der Waals surface area contributed by atoms with Crippen LogP contribution in [0.3, 0.4) is 0 Å². The molecule has 2 N–H and O–H groups in total. The van der Waals surface area contributed by atoms with Crippen LogP contribution in [0.5, 0.6) is 0 Å². The van der Waals surface area contributed by atoms with E-state index in [1.54, 1.807) is 22.9 Å². The summed E-state index contributed by atoms with van der Waals surface area (Å²) in [4.78, 5) is 0. The molecule has 0 aliphatic carbocycles. The zero-order chi connectivity index (χ0) is 14.1. The lowest BCUT2D eigenvalue weighted by atomic mass is 10.1. The van der Waals surface area contributed by atoms with E-state index in [0.29, 0.717) is 5.82 Å². The summed E-state index contributed by atoms with van der Waals surface area (Å²) in [6.07, 6.45) is 0. The maximum Gasteiger partial charge on any atom is 0.127 e. The first-order chi connectivity index (χ1) is 9.65. The van der Waals surface area contributed by atoms with E-state index in [2.05, 4.69) is 5.10 Å². The first-order valence-electron chi connectivity index (χ1n) is 6.32. The third kappa shape index (κ3) is 2.16. The molecule has 0 atom stereocenters. The maximum atomic E-state index is 13.0. The molecule has 0 aliphatic heterocycles. The first kappa shape index (κ1) is 12.4. The molecule has 0 spiro atoms. The number of aryl methyl sites for hydroxylation is 1. The minimum Gasteiger partial charge on any atom is -0.384 e. The van der Waals surface area contributed by atoms with Gasteiger partial charge in [0.2, 0.25) is 0 Å². The summed E-state index contributed by atoms with van der Waals surface area (Å²) in [6, 6.07) is 15.9. The van der Waals surface area contributed by atoms with E-state index in [0.717, 1.165) is 22.5 Å². The number of nitrogens with two attached hydrogens (primary N) is 1. The fourth-order valence-corrected chi connectivity index (χ4v) is 2.15. The molecule has 100 valence electrons. The quantitative estimate of drug-likeness (QED) is 0.771. The molecule has 2 aromatic carbocycles. The molecule has 0 saturated carbocycles. The number of halogens is 1. The zero-order valence-electron chi connectivity index (χ0n) is 11.0. The van der Waals surface area contributed by atoms with Crippen molar-refractivity contribution in [3.05, 3.63) is 66.0 Å². The molecule has 4 heteroatoms. The molecule has 0 amide bonds. The minimum atomic E-state index is -0.264. The number of hydrogen-bond donors (Lipinski definition) is 1. The van der Waals surface area contributed by atoms with Gasteiger partial charge >= 0.3 is 0 Å². The normalized spacial score (nSPS) is 10.7. The Hall–Kier alpha value is -2.62. The Morgan fingerprint density at radius 3 is 2.45 bits per heavy atom. The van der Waals surface area contributed by atoms with Gasteiger partial charge in [-0.1, -0.05) is 18.2 Å². The van der Waals surface area contributed by atoms with Crippen LogP contribution in [0.25, 0.3) is 16.9 Å². The van der Waals surface area contributed by atoms with Gasteiger partial charge in [0.1, 0.15) is 11.6 Å². The standard InChI is InChI=1S/C16H14FN3/c1-11-4-2-3-5-15(11)20-16(18)10-14(19-20)12-6-8-13(17)9-7-12/h2-10H,18H2,1H3. The topological polar surface area (TPSA) is 43.8 Å². The number of nitrogens with zero attached hydrogens (tertiary/aromatic N) is 2. The highest BCUT2D eigenvalue weighted by Crippen LogP contribution is 2.24. The maximum absolute atomic E-state index is 13.0. The SMILES string of the molecule is Cc1ccccc1-n1nc(-c2ccc(F)cc2)cc1N. The monoisotopic (exact) mass is 267 g/mol. The molecule has 20 heavy (non-hydrogen) atoms.